The molecule has 3 heteroatoms. The smallest absolute Gasteiger partial charge is 0.0199 e. The highest BCUT2D eigenvalue weighted by Crippen LogP contribution is 2.78. The summed E-state index contributed by atoms with van der Waals surface area (Å²) in [5.74, 6) is 1.95. The van der Waals surface area contributed by atoms with Gasteiger partial charge in [0.2, 0.25) is 0 Å². The molecule has 3 aromatic rings. The molecule has 8 aliphatic carbocycles. The second-order valence-corrected chi connectivity index (χ2v) is 27.0. The highest BCUT2D eigenvalue weighted by Gasteiger charge is 2.63. The monoisotopic (exact) mass is 706 g/mol. The molecular formula is C46H61P3. The van der Waals surface area contributed by atoms with Crippen LogP contribution in [0.25, 0.3) is 0 Å². The van der Waals surface area contributed by atoms with Crippen molar-refractivity contribution >= 4 is 35.7 Å². The lowest BCUT2D eigenvalue weighted by Gasteiger charge is -2.67. The summed E-state index contributed by atoms with van der Waals surface area (Å²) in [6, 6.07) is 28.7. The van der Waals surface area contributed by atoms with E-state index < -0.39 is 7.92 Å². The van der Waals surface area contributed by atoms with E-state index in [4.69, 9.17) is 0 Å². The molecule has 6 atom stereocenters. The Balaban J connectivity index is 1.13. The largest absolute Gasteiger partial charge is 0.103 e. The first kappa shape index (κ1) is 33.8. The lowest BCUT2D eigenvalue weighted by Crippen LogP contribution is -2.57. The summed E-state index contributed by atoms with van der Waals surface area (Å²) in [5, 5.41) is 5.02. The van der Waals surface area contributed by atoms with E-state index in [0.717, 1.165) is 34.4 Å². The molecule has 0 aliphatic heterocycles. The molecule has 260 valence electrons. The van der Waals surface area contributed by atoms with Crippen LogP contribution in [0.5, 0.6) is 0 Å². The molecule has 11 rings (SSSR count). The van der Waals surface area contributed by atoms with E-state index in [1.54, 1.807) is 21.7 Å². The summed E-state index contributed by atoms with van der Waals surface area (Å²) in [6.07, 6.45) is 19.3. The SMILES string of the molecule is Cc1ccccc1P(Cc1ccccc1C(PC12CC3CC(C)(CC(C)(C3)C1)C2)PC12CC3CC(C)(CC(C)(C3)C1)C2)c1ccccc1C. The van der Waals surface area contributed by atoms with Gasteiger partial charge in [-0.2, -0.15) is 0 Å². The van der Waals surface area contributed by atoms with Gasteiger partial charge in [-0.3, -0.25) is 0 Å². The van der Waals surface area contributed by atoms with Crippen molar-refractivity contribution < 1.29 is 0 Å². The molecule has 8 fully saturated rings. The Morgan fingerprint density at radius 1 is 0.551 bits per heavy atom. The van der Waals surface area contributed by atoms with Crippen LogP contribution >= 0.6 is 25.1 Å². The zero-order valence-corrected chi connectivity index (χ0v) is 34.2. The lowest BCUT2D eigenvalue weighted by molar-refractivity contribution is -0.0794. The molecule has 3 aromatic carbocycles. The molecular weight excluding hydrogens is 645 g/mol. The second kappa shape index (κ2) is 11.7. The van der Waals surface area contributed by atoms with Crippen molar-refractivity contribution in [2.24, 2.45) is 33.5 Å². The molecule has 0 aromatic heterocycles. The fourth-order valence-corrected chi connectivity index (χ4v) is 25.1. The summed E-state index contributed by atoms with van der Waals surface area (Å²) < 4.78 is 0. The maximum Gasteiger partial charge on any atom is 0.0199 e. The number of aryl methyl sites for hydroxylation is 2. The van der Waals surface area contributed by atoms with Gasteiger partial charge < -0.3 is 0 Å². The van der Waals surface area contributed by atoms with E-state index in [1.807, 2.05) is 0 Å². The summed E-state index contributed by atoms with van der Waals surface area (Å²) in [7, 11) is 1.67. The fourth-order valence-electron chi connectivity index (χ4n) is 15.2. The molecule has 0 saturated heterocycles. The number of hydrogen-bond acceptors (Lipinski definition) is 0. The highest BCUT2D eigenvalue weighted by molar-refractivity contribution is 7.72. The molecule has 0 amide bonds. The summed E-state index contributed by atoms with van der Waals surface area (Å²) in [5.41, 5.74) is 8.69. The molecule has 0 nitrogen and oxygen atoms in total. The molecule has 0 N–H and O–H groups in total. The van der Waals surface area contributed by atoms with Crippen LogP contribution in [-0.4, -0.2) is 10.3 Å². The molecule has 8 aliphatic rings. The average Bonchev–Trinajstić information content (AvgIpc) is 2.97. The van der Waals surface area contributed by atoms with Crippen molar-refractivity contribution in [3.05, 3.63) is 95.1 Å². The van der Waals surface area contributed by atoms with Crippen LogP contribution in [0.4, 0.5) is 0 Å². The minimum atomic E-state index is -0.501. The van der Waals surface area contributed by atoms with Crippen LogP contribution < -0.4 is 10.6 Å². The Labute approximate surface area is 303 Å². The molecule has 8 saturated carbocycles. The number of rotatable bonds is 9. The predicted octanol–water partition coefficient (Wildman–Crippen LogP) is 12.8. The lowest BCUT2D eigenvalue weighted by atomic mass is 9.45. The fraction of sp³-hybridized carbons (Fsp3) is 0.609. The van der Waals surface area contributed by atoms with Crippen LogP contribution in [0.2, 0.25) is 0 Å². The van der Waals surface area contributed by atoms with Gasteiger partial charge in [0.25, 0.3) is 0 Å². The summed E-state index contributed by atoms with van der Waals surface area (Å²) in [6.45, 7) is 15.5. The third kappa shape index (κ3) is 6.17. The van der Waals surface area contributed by atoms with Gasteiger partial charge in [0.15, 0.2) is 0 Å². The summed E-state index contributed by atoms with van der Waals surface area (Å²) in [4.78, 5) is 0. The maximum atomic E-state index is 2.71. The van der Waals surface area contributed by atoms with Gasteiger partial charge in [-0.05, 0) is 175 Å². The van der Waals surface area contributed by atoms with Gasteiger partial charge in [0.1, 0.15) is 0 Å². The van der Waals surface area contributed by atoms with E-state index in [1.165, 1.54) is 94.3 Å². The first-order chi connectivity index (χ1) is 23.3. The van der Waals surface area contributed by atoms with Gasteiger partial charge in [0.05, 0.1) is 0 Å². The van der Waals surface area contributed by atoms with E-state index in [0.29, 0.717) is 32.0 Å². The van der Waals surface area contributed by atoms with Crippen molar-refractivity contribution in [1.82, 2.24) is 0 Å². The van der Waals surface area contributed by atoms with Crippen LogP contribution in [0.1, 0.15) is 132 Å². The van der Waals surface area contributed by atoms with Crippen molar-refractivity contribution in [2.75, 3.05) is 0 Å². The minimum Gasteiger partial charge on any atom is -0.103 e. The van der Waals surface area contributed by atoms with Crippen molar-refractivity contribution in [1.29, 1.82) is 0 Å². The predicted molar refractivity (Wildman–Crippen MR) is 218 cm³/mol. The van der Waals surface area contributed by atoms with Crippen LogP contribution in [0.3, 0.4) is 0 Å². The van der Waals surface area contributed by atoms with E-state index in [9.17, 15) is 0 Å². The standard InChI is InChI=1S/C46H61P3/c1-32-13-7-11-17-38(32)49(39-18-12-8-14-33(39)2)25-36-15-9-10-16-37(36)40(47-45-23-34-19-41(3,28-45)26-42(4,20-34)29-45)48-46-24-35-21-43(5,30-46)27-44(6,22-35)31-46/h7-18,34-35,40,47-48H,19-31H2,1-6H3. The Kier molecular flexibility index (Phi) is 8.08. The van der Waals surface area contributed by atoms with Crippen molar-refractivity contribution in [3.8, 4) is 0 Å². The topological polar surface area (TPSA) is 0 Å². The van der Waals surface area contributed by atoms with Gasteiger partial charge in [-0.15, -0.1) is 17.2 Å². The first-order valence-electron chi connectivity index (χ1n) is 19.8. The number of hydrogen-bond donors (Lipinski definition) is 0. The van der Waals surface area contributed by atoms with Gasteiger partial charge in [-0.25, -0.2) is 0 Å². The Hall–Kier alpha value is -1.05. The van der Waals surface area contributed by atoms with Crippen LogP contribution in [0, 0.1) is 47.3 Å². The molecule has 0 spiro atoms. The zero-order chi connectivity index (χ0) is 33.9. The van der Waals surface area contributed by atoms with Crippen LogP contribution in [0.15, 0.2) is 72.8 Å². The quantitative estimate of drug-likeness (QED) is 0.194. The maximum absolute atomic E-state index is 2.71. The molecule has 6 unspecified atom stereocenters. The molecule has 0 heterocycles. The van der Waals surface area contributed by atoms with Gasteiger partial charge in [0, 0.05) is 11.6 Å². The van der Waals surface area contributed by atoms with Crippen molar-refractivity contribution in [3.63, 3.8) is 0 Å². The molecule has 49 heavy (non-hydrogen) atoms. The van der Waals surface area contributed by atoms with E-state index >= 15 is 0 Å². The number of benzene rings is 3. The van der Waals surface area contributed by atoms with Crippen molar-refractivity contribution in [2.45, 2.75) is 140 Å². The summed E-state index contributed by atoms with van der Waals surface area (Å²) >= 11 is 0. The Bertz CT molecular complexity index is 1620. The van der Waals surface area contributed by atoms with E-state index in [-0.39, 0.29) is 0 Å². The van der Waals surface area contributed by atoms with Crippen LogP contribution in [-0.2, 0) is 6.16 Å². The van der Waals surface area contributed by atoms with Gasteiger partial charge >= 0.3 is 0 Å². The molecule has 0 radical (unpaired) electrons. The van der Waals surface area contributed by atoms with E-state index in [2.05, 4.69) is 114 Å². The first-order valence-corrected chi connectivity index (χ1v) is 23.5. The average molecular weight is 707 g/mol. The Morgan fingerprint density at radius 3 is 1.39 bits per heavy atom. The zero-order valence-electron chi connectivity index (χ0n) is 31.3. The second-order valence-electron chi connectivity index (χ2n) is 20.4. The van der Waals surface area contributed by atoms with Gasteiger partial charge in [-0.1, -0.05) is 100 Å². The highest BCUT2D eigenvalue weighted by atomic mass is 31.1. The third-order valence-corrected chi connectivity index (χ3v) is 21.9. The minimum absolute atomic E-state index is 0.501. The molecule has 8 bridgehead atoms. The third-order valence-electron chi connectivity index (χ3n) is 14.7. The normalized spacial score (nSPS) is 41.2. The Morgan fingerprint density at radius 2 is 0.959 bits per heavy atom.